The van der Waals surface area contributed by atoms with Crippen molar-refractivity contribution in [2.75, 3.05) is 39.4 Å². The van der Waals surface area contributed by atoms with E-state index in [1.54, 1.807) is 31.3 Å². The number of aromatic hydroxyl groups is 1. The molecule has 3 aliphatic rings. The van der Waals surface area contributed by atoms with Gasteiger partial charge in [0.15, 0.2) is 0 Å². The second kappa shape index (κ2) is 17.4. The fourth-order valence-corrected chi connectivity index (χ4v) is 7.93. The molecule has 1 fully saturated rings. The second-order valence-electron chi connectivity index (χ2n) is 13.0. The van der Waals surface area contributed by atoms with Gasteiger partial charge >= 0.3 is 6.09 Å². The van der Waals surface area contributed by atoms with Crippen LogP contribution in [0.2, 0.25) is 0 Å². The summed E-state index contributed by atoms with van der Waals surface area (Å²) in [7, 11) is 1.67. The van der Waals surface area contributed by atoms with Crippen LogP contribution in [0, 0.1) is 17.8 Å². The van der Waals surface area contributed by atoms with E-state index in [9.17, 15) is 20.1 Å². The molecule has 2 aliphatic carbocycles. The zero-order chi connectivity index (χ0) is 34.8. The fourth-order valence-electron chi connectivity index (χ4n) is 7.85. The van der Waals surface area contributed by atoms with Gasteiger partial charge in [0, 0.05) is 38.2 Å². The zero-order valence-corrected chi connectivity index (χ0v) is 29.0. The first-order valence-electron chi connectivity index (χ1n) is 17.3. The van der Waals surface area contributed by atoms with Crippen molar-refractivity contribution in [1.29, 1.82) is 0 Å². The smallest absolute Gasteiger partial charge is 0.410 e. The molecule has 1 aliphatic heterocycles. The molecule has 49 heavy (non-hydrogen) atoms. The van der Waals surface area contributed by atoms with Gasteiger partial charge in [-0.1, -0.05) is 60.5 Å². The summed E-state index contributed by atoms with van der Waals surface area (Å²) in [4.78, 5) is 21.1. The zero-order valence-electron chi connectivity index (χ0n) is 28.2. The summed E-state index contributed by atoms with van der Waals surface area (Å²) < 4.78 is 19.3. The number of unbranched alkanes of at least 4 members (excludes halogenated alkanes) is 2. The fraction of sp³-hybridized carbons (Fsp3) is 0.526. The molecule has 5 rings (SSSR count). The number of amides is 1. The third-order valence-electron chi connectivity index (χ3n) is 9.96. The molecule has 1 amide bonds. The van der Waals surface area contributed by atoms with Crippen LogP contribution in [0.25, 0.3) is 0 Å². The van der Waals surface area contributed by atoms with Crippen molar-refractivity contribution in [2.24, 2.45) is 22.9 Å². The SMILES string of the molecule is C=CCO[C@@]12Oc3ccc(O)cc3[C@H]3[C@H](CCCCO)[C@@H](CCCCO)C=C(C(=NOCc4ccccc4)C[C@@H]1N(C)C(=O)OCCCl)[C@H]32. The molecule has 0 bridgehead atoms. The molecule has 10 nitrogen and oxygen atoms in total. The first-order chi connectivity index (χ1) is 23.9. The molecule has 0 saturated heterocycles. The van der Waals surface area contributed by atoms with Crippen molar-refractivity contribution in [2.45, 2.75) is 69.3 Å². The molecule has 0 aromatic heterocycles. The average Bonchev–Trinajstić information content (AvgIpc) is 3.11. The van der Waals surface area contributed by atoms with Gasteiger partial charge < -0.3 is 39.3 Å². The van der Waals surface area contributed by atoms with E-state index >= 15 is 0 Å². The van der Waals surface area contributed by atoms with Crippen LogP contribution in [-0.4, -0.2) is 83.2 Å². The van der Waals surface area contributed by atoms with Gasteiger partial charge in [-0.15, -0.1) is 18.2 Å². The molecule has 2 aromatic rings. The molecule has 0 radical (unpaired) electrons. The number of alkyl halides is 1. The van der Waals surface area contributed by atoms with Gasteiger partial charge in [-0.05, 0) is 66.9 Å². The maximum absolute atomic E-state index is 13.5. The number of ether oxygens (including phenoxy) is 3. The number of allylic oxidation sites excluding steroid dienone is 1. The number of nitrogens with zero attached hydrogens (tertiary/aromatic N) is 2. The van der Waals surface area contributed by atoms with E-state index < -0.39 is 23.8 Å². The van der Waals surface area contributed by atoms with E-state index in [-0.39, 0.29) is 68.8 Å². The maximum Gasteiger partial charge on any atom is 0.410 e. The topological polar surface area (TPSA) is 130 Å². The Morgan fingerprint density at radius 3 is 2.59 bits per heavy atom. The van der Waals surface area contributed by atoms with Gasteiger partial charge in [-0.2, -0.15) is 0 Å². The number of aliphatic hydroxyl groups is 2. The van der Waals surface area contributed by atoms with E-state index in [4.69, 9.17) is 35.8 Å². The predicted octanol–water partition coefficient (Wildman–Crippen LogP) is 6.53. The molecular weight excluding hydrogens is 648 g/mol. The number of oxime groups is 1. The Bertz CT molecular complexity index is 1470. The minimum Gasteiger partial charge on any atom is -0.508 e. The van der Waals surface area contributed by atoms with Crippen LogP contribution in [0.5, 0.6) is 11.5 Å². The number of hydrogen-bond donors (Lipinski definition) is 3. The lowest BCUT2D eigenvalue weighted by atomic mass is 9.55. The van der Waals surface area contributed by atoms with Gasteiger partial charge in [0.25, 0.3) is 0 Å². The molecule has 266 valence electrons. The van der Waals surface area contributed by atoms with Gasteiger partial charge in [0.2, 0.25) is 5.79 Å². The molecule has 0 spiro atoms. The lowest BCUT2D eigenvalue weighted by molar-refractivity contribution is -0.253. The Kier molecular flexibility index (Phi) is 13.0. The first kappa shape index (κ1) is 36.7. The Balaban J connectivity index is 1.71. The van der Waals surface area contributed by atoms with E-state index in [0.29, 0.717) is 24.3 Å². The van der Waals surface area contributed by atoms with Crippen LogP contribution >= 0.6 is 11.6 Å². The number of carbonyl (C=O) groups is 1. The number of phenolic OH excluding ortho intramolecular Hbond substituents is 1. The number of likely N-dealkylation sites (N-methyl/N-ethyl adjacent to an activating group) is 1. The summed E-state index contributed by atoms with van der Waals surface area (Å²) in [5.41, 5.74) is 3.42. The number of carbonyl (C=O) groups excluding carboxylic acids is 1. The Morgan fingerprint density at radius 1 is 1.12 bits per heavy atom. The second-order valence-corrected chi connectivity index (χ2v) is 13.3. The number of halogens is 1. The lowest BCUT2D eigenvalue weighted by Crippen LogP contribution is -2.69. The average molecular weight is 697 g/mol. The molecule has 2 aromatic carbocycles. The quantitative estimate of drug-likeness (QED) is 0.0737. The standard InChI is InChI=1S/C38H49ClN2O8/c1-3-20-47-38-34(41(2)37(45)46-21-17-39)24-32(40-48-25-26-11-5-4-6-12-26)30-22-27(13-7-9-18-42)29(14-8-10-19-43)35(36(30)38)31-23-28(44)15-16-33(31)49-38/h3-6,11-12,15-16,22-23,27,29,34-36,42-44H,1,7-10,13-14,17-21,24-25H2,2H3/t27-,29+,34-,35+,36+,38+/m0/s1. The Labute approximate surface area is 293 Å². The third kappa shape index (κ3) is 8.09. The third-order valence-corrected chi connectivity index (χ3v) is 10.1. The molecule has 3 N–H and O–H groups in total. The normalized spacial score (nSPS) is 26.2. The molecule has 11 heteroatoms. The Morgan fingerprint density at radius 2 is 1.88 bits per heavy atom. The van der Waals surface area contributed by atoms with E-state index in [0.717, 1.165) is 42.4 Å². The highest BCUT2D eigenvalue weighted by Gasteiger charge is 2.65. The number of rotatable bonds is 17. The lowest BCUT2D eigenvalue weighted by Gasteiger charge is -2.59. The van der Waals surface area contributed by atoms with E-state index in [1.165, 1.54) is 4.90 Å². The van der Waals surface area contributed by atoms with Crippen molar-refractivity contribution in [3.8, 4) is 11.5 Å². The summed E-state index contributed by atoms with van der Waals surface area (Å²) in [6.07, 6.45) is 8.22. The summed E-state index contributed by atoms with van der Waals surface area (Å²) in [5, 5.41) is 34.9. The minimum atomic E-state index is -1.38. The minimum absolute atomic E-state index is 0.0434. The molecule has 0 unspecified atom stereocenters. The van der Waals surface area contributed by atoms with E-state index in [1.807, 2.05) is 30.3 Å². The monoisotopic (exact) mass is 696 g/mol. The van der Waals surface area contributed by atoms with Gasteiger partial charge in [0.05, 0.1) is 24.1 Å². The molecular formula is C38H49ClN2O8. The van der Waals surface area contributed by atoms with Crippen LogP contribution in [0.4, 0.5) is 4.79 Å². The summed E-state index contributed by atoms with van der Waals surface area (Å²) in [6.45, 7) is 4.58. The number of phenols is 1. The van der Waals surface area contributed by atoms with Crippen molar-refractivity contribution < 1.29 is 39.2 Å². The van der Waals surface area contributed by atoms with Crippen molar-refractivity contribution in [3.05, 3.63) is 84.0 Å². The number of hydrogen-bond acceptors (Lipinski definition) is 9. The van der Waals surface area contributed by atoms with Crippen molar-refractivity contribution in [1.82, 2.24) is 4.90 Å². The van der Waals surface area contributed by atoms with Crippen molar-refractivity contribution >= 4 is 23.4 Å². The first-order valence-corrected chi connectivity index (χ1v) is 17.8. The van der Waals surface area contributed by atoms with Crippen LogP contribution < -0.4 is 4.74 Å². The largest absolute Gasteiger partial charge is 0.508 e. The van der Waals surface area contributed by atoms with Gasteiger partial charge in [0.1, 0.15) is 30.8 Å². The van der Waals surface area contributed by atoms with Crippen LogP contribution in [-0.2, 0) is 20.9 Å². The molecule has 1 saturated carbocycles. The van der Waals surface area contributed by atoms with Crippen molar-refractivity contribution in [3.63, 3.8) is 0 Å². The molecule has 6 atom stereocenters. The number of fused-ring (bicyclic) bond motifs is 2. The highest BCUT2D eigenvalue weighted by molar-refractivity contribution is 6.18. The molecule has 1 heterocycles. The van der Waals surface area contributed by atoms with Crippen LogP contribution in [0.3, 0.4) is 0 Å². The summed E-state index contributed by atoms with van der Waals surface area (Å²) >= 11 is 5.89. The number of aliphatic hydroxyl groups excluding tert-OH is 2. The van der Waals surface area contributed by atoms with Gasteiger partial charge in [-0.3, -0.25) is 0 Å². The van der Waals surface area contributed by atoms with Crippen LogP contribution in [0.15, 0.2) is 78.0 Å². The highest BCUT2D eigenvalue weighted by Crippen LogP contribution is 2.61. The van der Waals surface area contributed by atoms with E-state index in [2.05, 4.69) is 12.7 Å². The maximum atomic E-state index is 13.5. The highest BCUT2D eigenvalue weighted by atomic mass is 35.5. The number of benzene rings is 2. The Hall–Kier alpha value is -3.57. The van der Waals surface area contributed by atoms with Gasteiger partial charge in [-0.25, -0.2) is 4.79 Å². The summed E-state index contributed by atoms with van der Waals surface area (Å²) in [5.74, 6) is -1.06. The summed E-state index contributed by atoms with van der Waals surface area (Å²) in [6, 6.07) is 14.2. The van der Waals surface area contributed by atoms with Crippen LogP contribution in [0.1, 0.15) is 62.0 Å². The predicted molar refractivity (Wildman–Crippen MR) is 188 cm³/mol.